The summed E-state index contributed by atoms with van der Waals surface area (Å²) in [5.41, 5.74) is 2.98. The van der Waals surface area contributed by atoms with Gasteiger partial charge in [-0.1, -0.05) is 6.92 Å². The Morgan fingerprint density at radius 2 is 2.13 bits per heavy atom. The third-order valence-corrected chi connectivity index (χ3v) is 5.90. The molecule has 23 heavy (non-hydrogen) atoms. The van der Waals surface area contributed by atoms with Gasteiger partial charge < -0.3 is 10.2 Å². The van der Waals surface area contributed by atoms with Crippen molar-refractivity contribution in [2.45, 2.75) is 45.4 Å². The minimum atomic E-state index is 0.0590. The normalized spacial score (nSPS) is 26.2. The Bertz CT molecular complexity index is 643. The number of rotatable bonds is 1. The van der Waals surface area contributed by atoms with Crippen LogP contribution in [0, 0.1) is 11.3 Å². The van der Waals surface area contributed by atoms with Crippen LogP contribution in [0.2, 0.25) is 0 Å². The summed E-state index contributed by atoms with van der Waals surface area (Å²) in [6.45, 7) is 4.46. The molecule has 1 aliphatic carbocycles. The molecule has 0 bridgehead atoms. The Hall–Kier alpha value is -1.85. The number of nitrogens with one attached hydrogen (secondary N) is 2. The lowest BCUT2D eigenvalue weighted by molar-refractivity contribution is -0.119. The Morgan fingerprint density at radius 1 is 1.35 bits per heavy atom. The molecule has 3 heterocycles. The molecule has 0 saturated carbocycles. The van der Waals surface area contributed by atoms with Crippen LogP contribution >= 0.6 is 0 Å². The van der Waals surface area contributed by atoms with Gasteiger partial charge in [0.2, 0.25) is 5.91 Å². The Labute approximate surface area is 136 Å². The molecule has 2 N–H and O–H groups in total. The number of likely N-dealkylation sites (tertiary alicyclic amines) is 1. The quantitative estimate of drug-likeness (QED) is 0.819. The molecule has 1 atom stereocenters. The summed E-state index contributed by atoms with van der Waals surface area (Å²) >= 11 is 0. The number of carbonyl (C=O) groups is 2. The van der Waals surface area contributed by atoms with Gasteiger partial charge in [0.25, 0.3) is 5.91 Å². The summed E-state index contributed by atoms with van der Waals surface area (Å²) in [7, 11) is 0. The second kappa shape index (κ2) is 5.35. The molecule has 2 amide bonds. The van der Waals surface area contributed by atoms with Crippen LogP contribution in [-0.4, -0.2) is 46.5 Å². The molecule has 0 radical (unpaired) electrons. The zero-order chi connectivity index (χ0) is 16.0. The van der Waals surface area contributed by atoms with Gasteiger partial charge in [-0.3, -0.25) is 14.7 Å². The van der Waals surface area contributed by atoms with Crippen molar-refractivity contribution >= 4 is 11.8 Å². The van der Waals surface area contributed by atoms with Crippen LogP contribution in [0.15, 0.2) is 0 Å². The van der Waals surface area contributed by atoms with Gasteiger partial charge in [-0.05, 0) is 43.4 Å². The van der Waals surface area contributed by atoms with Crippen LogP contribution in [0.25, 0.3) is 0 Å². The van der Waals surface area contributed by atoms with Crippen molar-refractivity contribution in [3.63, 3.8) is 0 Å². The topological polar surface area (TPSA) is 78.1 Å². The van der Waals surface area contributed by atoms with Gasteiger partial charge in [0.1, 0.15) is 0 Å². The molecular weight excluding hydrogens is 292 g/mol. The largest absolute Gasteiger partial charge is 0.356 e. The number of aromatic amines is 1. The Kier molecular flexibility index (Phi) is 3.43. The predicted molar refractivity (Wildman–Crippen MR) is 85.0 cm³/mol. The number of H-pyrrole nitrogens is 1. The number of amides is 2. The van der Waals surface area contributed by atoms with Crippen molar-refractivity contribution in [1.82, 2.24) is 20.4 Å². The predicted octanol–water partition coefficient (Wildman–Crippen LogP) is 1.28. The molecule has 2 fully saturated rings. The molecule has 6 nitrogen and oxygen atoms in total. The second-order valence-electron chi connectivity index (χ2n) is 7.62. The summed E-state index contributed by atoms with van der Waals surface area (Å²) in [5.74, 6) is 0.829. The lowest BCUT2D eigenvalue weighted by Gasteiger charge is -2.38. The minimum absolute atomic E-state index is 0.0590. The first-order valence-corrected chi connectivity index (χ1v) is 8.68. The molecule has 6 heteroatoms. The number of aromatic nitrogens is 2. The van der Waals surface area contributed by atoms with Crippen LogP contribution in [0.3, 0.4) is 0 Å². The van der Waals surface area contributed by atoms with Crippen LogP contribution in [0.1, 0.15) is 54.4 Å². The zero-order valence-corrected chi connectivity index (χ0v) is 13.7. The molecule has 2 saturated heterocycles. The summed E-state index contributed by atoms with van der Waals surface area (Å²) in [6.07, 6.45) is 5.53. The van der Waals surface area contributed by atoms with E-state index in [9.17, 15) is 9.59 Å². The lowest BCUT2D eigenvalue weighted by Crippen LogP contribution is -2.44. The van der Waals surface area contributed by atoms with Crippen molar-refractivity contribution in [3.05, 3.63) is 17.0 Å². The summed E-state index contributed by atoms with van der Waals surface area (Å²) in [4.78, 5) is 26.3. The molecule has 2 aliphatic heterocycles. The van der Waals surface area contributed by atoms with E-state index in [0.717, 1.165) is 63.0 Å². The molecule has 4 rings (SSSR count). The minimum Gasteiger partial charge on any atom is -0.356 e. The van der Waals surface area contributed by atoms with E-state index in [1.54, 1.807) is 0 Å². The standard InChI is InChI=1S/C17H24N4O2/c1-11-2-3-13-12(8-11)15(20-19-13)16(23)21-6-4-17(5-7-21)9-14(22)18-10-17/h11H,2-10H2,1H3,(H,18,22)(H,19,20). The first-order chi connectivity index (χ1) is 11.1. The maximum Gasteiger partial charge on any atom is 0.274 e. The van der Waals surface area contributed by atoms with Crippen LogP contribution in [0.5, 0.6) is 0 Å². The smallest absolute Gasteiger partial charge is 0.274 e. The van der Waals surface area contributed by atoms with Gasteiger partial charge in [-0.15, -0.1) is 0 Å². The van der Waals surface area contributed by atoms with Crippen LogP contribution in [-0.2, 0) is 17.6 Å². The Morgan fingerprint density at radius 3 is 2.83 bits per heavy atom. The van der Waals surface area contributed by atoms with Gasteiger partial charge in [0.15, 0.2) is 5.69 Å². The number of hydrogen-bond donors (Lipinski definition) is 2. The van der Waals surface area contributed by atoms with Crippen molar-refractivity contribution < 1.29 is 9.59 Å². The van der Waals surface area contributed by atoms with Crippen molar-refractivity contribution in [1.29, 1.82) is 0 Å². The average Bonchev–Trinajstić information content (AvgIpc) is 3.11. The van der Waals surface area contributed by atoms with Gasteiger partial charge in [-0.2, -0.15) is 5.10 Å². The van der Waals surface area contributed by atoms with E-state index in [1.165, 1.54) is 0 Å². The van der Waals surface area contributed by atoms with Crippen LogP contribution in [0.4, 0.5) is 0 Å². The lowest BCUT2D eigenvalue weighted by atomic mass is 9.77. The maximum atomic E-state index is 12.9. The number of hydrogen-bond acceptors (Lipinski definition) is 3. The fourth-order valence-electron chi connectivity index (χ4n) is 4.29. The molecule has 124 valence electrons. The van der Waals surface area contributed by atoms with Crippen LogP contribution < -0.4 is 5.32 Å². The van der Waals surface area contributed by atoms with Crippen molar-refractivity contribution in [2.75, 3.05) is 19.6 Å². The van der Waals surface area contributed by atoms with E-state index in [2.05, 4.69) is 22.4 Å². The molecule has 0 aromatic carbocycles. The molecule has 1 aromatic heterocycles. The zero-order valence-electron chi connectivity index (χ0n) is 13.7. The first-order valence-electron chi connectivity index (χ1n) is 8.68. The van der Waals surface area contributed by atoms with Gasteiger partial charge in [-0.25, -0.2) is 0 Å². The highest BCUT2D eigenvalue weighted by molar-refractivity contribution is 5.94. The highest BCUT2D eigenvalue weighted by Crippen LogP contribution is 2.38. The third kappa shape index (κ3) is 2.54. The number of nitrogens with zero attached hydrogens (tertiary/aromatic N) is 2. The number of piperidine rings is 1. The summed E-state index contributed by atoms with van der Waals surface area (Å²) < 4.78 is 0. The van der Waals surface area contributed by atoms with Gasteiger partial charge in [0.05, 0.1) is 0 Å². The van der Waals surface area contributed by atoms with Gasteiger partial charge in [0, 0.05) is 37.3 Å². The average molecular weight is 316 g/mol. The van der Waals surface area contributed by atoms with Crippen molar-refractivity contribution in [2.24, 2.45) is 11.3 Å². The number of aryl methyl sites for hydroxylation is 1. The first kappa shape index (κ1) is 14.7. The maximum absolute atomic E-state index is 12.9. The number of carbonyl (C=O) groups excluding carboxylic acids is 2. The highest BCUT2D eigenvalue weighted by atomic mass is 16.2. The van der Waals surface area contributed by atoms with E-state index in [4.69, 9.17) is 0 Å². The van der Waals surface area contributed by atoms with E-state index in [-0.39, 0.29) is 17.2 Å². The monoisotopic (exact) mass is 316 g/mol. The summed E-state index contributed by atoms with van der Waals surface area (Å²) in [6, 6.07) is 0. The van der Waals surface area contributed by atoms with E-state index in [1.807, 2.05) is 4.90 Å². The summed E-state index contributed by atoms with van der Waals surface area (Å²) in [5, 5.41) is 10.3. The molecule has 1 spiro atoms. The van der Waals surface area contributed by atoms with E-state index in [0.29, 0.717) is 18.0 Å². The highest BCUT2D eigenvalue weighted by Gasteiger charge is 2.42. The fraction of sp³-hybridized carbons (Fsp3) is 0.706. The van der Waals surface area contributed by atoms with Crippen molar-refractivity contribution in [3.8, 4) is 0 Å². The van der Waals surface area contributed by atoms with E-state index < -0.39 is 0 Å². The van der Waals surface area contributed by atoms with E-state index >= 15 is 0 Å². The van der Waals surface area contributed by atoms with Gasteiger partial charge >= 0.3 is 0 Å². The Balaban J connectivity index is 1.47. The number of fused-ring (bicyclic) bond motifs is 1. The molecule has 3 aliphatic rings. The molecule has 1 unspecified atom stereocenters. The fourth-order valence-corrected chi connectivity index (χ4v) is 4.29. The molecule has 1 aromatic rings. The molecular formula is C17H24N4O2. The SMILES string of the molecule is CC1CCc2[nH]nc(C(=O)N3CCC4(CC3)CNC(=O)C4)c2C1. The third-order valence-electron chi connectivity index (χ3n) is 5.90. The second-order valence-corrected chi connectivity index (χ2v) is 7.62.